The number of carbonyl (C=O) groups excluding carboxylic acids is 1. The van der Waals surface area contributed by atoms with E-state index in [1.807, 2.05) is 43.0 Å². The van der Waals surface area contributed by atoms with Gasteiger partial charge in [0.05, 0.1) is 4.90 Å². The first kappa shape index (κ1) is 19.5. The van der Waals surface area contributed by atoms with Crippen LogP contribution in [0.1, 0.15) is 11.1 Å². The largest absolute Gasteiger partial charge is 0.468 e. The summed E-state index contributed by atoms with van der Waals surface area (Å²) in [7, 11) is -3.54. The molecule has 3 rings (SSSR count). The second-order valence-electron chi connectivity index (χ2n) is 6.72. The van der Waals surface area contributed by atoms with Gasteiger partial charge < -0.3 is 4.74 Å². The van der Waals surface area contributed by atoms with Gasteiger partial charge in [-0.2, -0.15) is 4.31 Å². The molecule has 1 fully saturated rings. The summed E-state index contributed by atoms with van der Waals surface area (Å²) in [6.07, 6.45) is 0.0274. The average molecular weight is 388 g/mol. The molecule has 1 saturated heterocycles. The van der Waals surface area contributed by atoms with Crippen molar-refractivity contribution in [1.29, 1.82) is 0 Å². The number of rotatable bonds is 6. The van der Waals surface area contributed by atoms with E-state index >= 15 is 0 Å². The molecule has 0 bridgehead atoms. The fraction of sp³-hybridized carbons (Fsp3) is 0.350. The number of aldehydes is 1. The maximum Gasteiger partial charge on any atom is 0.243 e. The number of hydrogen-bond acceptors (Lipinski definition) is 5. The molecule has 0 aliphatic carbocycles. The van der Waals surface area contributed by atoms with Crippen LogP contribution in [-0.4, -0.2) is 56.3 Å². The first-order valence-corrected chi connectivity index (χ1v) is 10.3. The third-order valence-electron chi connectivity index (χ3n) is 4.58. The van der Waals surface area contributed by atoms with E-state index in [4.69, 9.17) is 4.74 Å². The van der Waals surface area contributed by atoms with Crippen molar-refractivity contribution in [3.05, 3.63) is 59.7 Å². The molecule has 1 aliphatic rings. The number of carbonyl (C=O) groups is 1. The van der Waals surface area contributed by atoms with E-state index in [9.17, 15) is 13.2 Å². The summed E-state index contributed by atoms with van der Waals surface area (Å²) in [5.41, 5.74) is 1.84. The van der Waals surface area contributed by atoms with E-state index < -0.39 is 16.3 Å². The van der Waals surface area contributed by atoms with E-state index in [1.165, 1.54) is 4.31 Å². The van der Waals surface area contributed by atoms with Gasteiger partial charge in [-0.25, -0.2) is 8.42 Å². The van der Waals surface area contributed by atoms with Gasteiger partial charge in [-0.15, -0.1) is 0 Å². The lowest BCUT2D eigenvalue weighted by atomic mass is 10.2. The monoisotopic (exact) mass is 388 g/mol. The molecule has 0 saturated carbocycles. The highest BCUT2D eigenvalue weighted by Crippen LogP contribution is 2.21. The summed E-state index contributed by atoms with van der Waals surface area (Å²) in [5.74, 6) is 0.611. The fourth-order valence-electron chi connectivity index (χ4n) is 3.26. The minimum Gasteiger partial charge on any atom is -0.468 e. The zero-order valence-corrected chi connectivity index (χ0v) is 16.4. The Labute approximate surface area is 160 Å². The van der Waals surface area contributed by atoms with Crippen molar-refractivity contribution >= 4 is 16.3 Å². The quantitative estimate of drug-likeness (QED) is 0.710. The molecule has 0 aromatic heterocycles. The molecule has 0 N–H and O–H groups in total. The van der Waals surface area contributed by atoms with Crippen molar-refractivity contribution < 1.29 is 17.9 Å². The van der Waals surface area contributed by atoms with Gasteiger partial charge in [0.2, 0.25) is 16.3 Å². The number of para-hydroxylation sites is 1. The van der Waals surface area contributed by atoms with Gasteiger partial charge in [-0.3, -0.25) is 9.69 Å². The molecule has 0 radical (unpaired) electrons. The molecule has 144 valence electrons. The number of sulfonamides is 1. The standard InChI is InChI=1S/C20H24N2O4S/c1-16-12-17(2)14-19(13-16)27(24,25)22-10-8-21(9-11-22)20(15-23)26-18-6-4-3-5-7-18/h3-7,12-15,20H,8-11H2,1-2H3. The summed E-state index contributed by atoms with van der Waals surface area (Å²) in [6, 6.07) is 14.5. The van der Waals surface area contributed by atoms with Crippen LogP contribution in [0.25, 0.3) is 0 Å². The van der Waals surface area contributed by atoms with Crippen LogP contribution >= 0.6 is 0 Å². The Morgan fingerprint density at radius 1 is 0.963 bits per heavy atom. The summed E-state index contributed by atoms with van der Waals surface area (Å²) in [5, 5.41) is 0. The molecular formula is C20H24N2O4S. The molecule has 0 amide bonds. The molecule has 7 heteroatoms. The van der Waals surface area contributed by atoms with Crippen LogP contribution in [0, 0.1) is 13.8 Å². The van der Waals surface area contributed by atoms with Gasteiger partial charge in [0.15, 0.2) is 6.29 Å². The van der Waals surface area contributed by atoms with E-state index in [1.54, 1.807) is 24.3 Å². The summed E-state index contributed by atoms with van der Waals surface area (Å²) >= 11 is 0. The number of ether oxygens (including phenoxy) is 1. The minimum atomic E-state index is -3.54. The van der Waals surface area contributed by atoms with Crippen LogP contribution in [0.5, 0.6) is 5.75 Å². The number of aryl methyl sites for hydroxylation is 2. The molecule has 6 nitrogen and oxygen atoms in total. The number of piperazine rings is 1. The number of hydrogen-bond donors (Lipinski definition) is 0. The van der Waals surface area contributed by atoms with Crippen LogP contribution in [0.15, 0.2) is 53.4 Å². The van der Waals surface area contributed by atoms with Gasteiger partial charge >= 0.3 is 0 Å². The highest BCUT2D eigenvalue weighted by molar-refractivity contribution is 7.89. The molecular weight excluding hydrogens is 364 g/mol. The number of nitrogens with zero attached hydrogens (tertiary/aromatic N) is 2. The zero-order valence-electron chi connectivity index (χ0n) is 15.5. The Balaban J connectivity index is 1.67. The van der Waals surface area contributed by atoms with Crippen LogP contribution in [-0.2, 0) is 14.8 Å². The molecule has 2 aromatic carbocycles. The Kier molecular flexibility index (Phi) is 5.94. The normalized spacial score (nSPS) is 17.4. The molecule has 0 spiro atoms. The first-order chi connectivity index (χ1) is 12.9. The van der Waals surface area contributed by atoms with E-state index in [2.05, 4.69) is 0 Å². The third-order valence-corrected chi connectivity index (χ3v) is 6.46. The molecule has 2 aromatic rings. The maximum absolute atomic E-state index is 12.9. The SMILES string of the molecule is Cc1cc(C)cc(S(=O)(=O)N2CCN(C(C=O)Oc3ccccc3)CC2)c1. The van der Waals surface area contributed by atoms with Crippen LogP contribution in [0.2, 0.25) is 0 Å². The Morgan fingerprint density at radius 3 is 2.11 bits per heavy atom. The summed E-state index contributed by atoms with van der Waals surface area (Å²) < 4.78 is 33.1. The molecule has 1 heterocycles. The average Bonchev–Trinajstić information content (AvgIpc) is 2.66. The fourth-order valence-corrected chi connectivity index (χ4v) is 4.87. The molecule has 27 heavy (non-hydrogen) atoms. The third kappa shape index (κ3) is 4.55. The van der Waals surface area contributed by atoms with Crippen molar-refractivity contribution in [1.82, 2.24) is 9.21 Å². The maximum atomic E-state index is 12.9. The van der Waals surface area contributed by atoms with Gasteiger partial charge in [-0.1, -0.05) is 24.3 Å². The van der Waals surface area contributed by atoms with Crippen molar-refractivity contribution in [3.8, 4) is 5.75 Å². The summed E-state index contributed by atoms with van der Waals surface area (Å²) in [4.78, 5) is 13.7. The zero-order chi connectivity index (χ0) is 19.4. The molecule has 1 aliphatic heterocycles. The second-order valence-corrected chi connectivity index (χ2v) is 8.66. The Bertz CT molecular complexity index is 871. The Morgan fingerprint density at radius 2 is 1.56 bits per heavy atom. The van der Waals surface area contributed by atoms with Gasteiger partial charge in [0, 0.05) is 26.2 Å². The van der Waals surface area contributed by atoms with Crippen molar-refractivity contribution in [3.63, 3.8) is 0 Å². The minimum absolute atomic E-state index is 0.317. The summed E-state index contributed by atoms with van der Waals surface area (Å²) in [6.45, 7) is 5.27. The molecule has 1 atom stereocenters. The predicted octanol–water partition coefficient (Wildman–Crippen LogP) is 2.21. The van der Waals surface area contributed by atoms with Gasteiger partial charge in [0.1, 0.15) is 5.75 Å². The van der Waals surface area contributed by atoms with E-state index in [0.717, 1.165) is 17.4 Å². The Hall–Kier alpha value is -2.22. The van der Waals surface area contributed by atoms with Crippen molar-refractivity contribution in [2.24, 2.45) is 0 Å². The van der Waals surface area contributed by atoms with Crippen molar-refractivity contribution in [2.45, 2.75) is 25.0 Å². The lowest BCUT2D eigenvalue weighted by Crippen LogP contribution is -2.53. The first-order valence-electron chi connectivity index (χ1n) is 8.89. The van der Waals surface area contributed by atoms with E-state index in [0.29, 0.717) is 36.8 Å². The highest BCUT2D eigenvalue weighted by Gasteiger charge is 2.31. The highest BCUT2D eigenvalue weighted by atomic mass is 32.2. The van der Waals surface area contributed by atoms with Gasteiger partial charge in [0.25, 0.3) is 0 Å². The topological polar surface area (TPSA) is 66.9 Å². The van der Waals surface area contributed by atoms with Crippen LogP contribution in [0.4, 0.5) is 0 Å². The second kappa shape index (κ2) is 8.21. The van der Waals surface area contributed by atoms with Crippen LogP contribution in [0.3, 0.4) is 0 Å². The van der Waals surface area contributed by atoms with Gasteiger partial charge in [-0.05, 0) is 49.2 Å². The number of benzene rings is 2. The van der Waals surface area contributed by atoms with Crippen molar-refractivity contribution in [2.75, 3.05) is 26.2 Å². The predicted molar refractivity (Wildman–Crippen MR) is 103 cm³/mol. The smallest absolute Gasteiger partial charge is 0.243 e. The lowest BCUT2D eigenvalue weighted by molar-refractivity contribution is -0.122. The van der Waals surface area contributed by atoms with E-state index in [-0.39, 0.29) is 0 Å². The van der Waals surface area contributed by atoms with Crippen LogP contribution < -0.4 is 4.74 Å². The lowest BCUT2D eigenvalue weighted by Gasteiger charge is -2.36. The molecule has 1 unspecified atom stereocenters.